The Bertz CT molecular complexity index is 80.0. The lowest BCUT2D eigenvalue weighted by molar-refractivity contribution is 0.159. The molecule has 0 fully saturated rings. The van der Waals surface area contributed by atoms with Crippen LogP contribution in [-0.2, 0) is 0 Å². The second kappa shape index (κ2) is 5.96. The van der Waals surface area contributed by atoms with Gasteiger partial charge in [-0.1, -0.05) is 0 Å². The van der Waals surface area contributed by atoms with Crippen molar-refractivity contribution in [2.75, 3.05) is 26.1 Å². The number of aliphatic hydroxyl groups excluding tert-OH is 1. The molecule has 0 aromatic rings. The number of halogens is 1. The average molecular weight is 166 g/mol. The van der Waals surface area contributed by atoms with Gasteiger partial charge in [-0.05, 0) is 26.9 Å². The number of hydrogen-bond donors (Lipinski definition) is 1. The van der Waals surface area contributed by atoms with Gasteiger partial charge in [0.15, 0.2) is 0 Å². The van der Waals surface area contributed by atoms with Crippen molar-refractivity contribution in [1.82, 2.24) is 4.90 Å². The fourth-order valence-electron chi connectivity index (χ4n) is 0.669. The Labute approximate surface area is 67.8 Å². The highest BCUT2D eigenvalue weighted by atomic mass is 35.5. The van der Waals surface area contributed by atoms with E-state index in [1.807, 2.05) is 14.0 Å². The van der Waals surface area contributed by atoms with Gasteiger partial charge in [0.1, 0.15) is 0 Å². The highest BCUT2D eigenvalue weighted by molar-refractivity contribution is 6.17. The Balaban J connectivity index is 3.31. The van der Waals surface area contributed by atoms with Crippen LogP contribution in [0.5, 0.6) is 0 Å². The van der Waals surface area contributed by atoms with Crippen molar-refractivity contribution in [3.05, 3.63) is 0 Å². The SMILES string of the molecule is CC(CO)N(C)CCCCl. The Hall–Kier alpha value is 0.210. The zero-order valence-corrected chi connectivity index (χ0v) is 7.43. The fraction of sp³-hybridized carbons (Fsp3) is 1.00. The normalized spacial score (nSPS) is 14.1. The lowest BCUT2D eigenvalue weighted by Crippen LogP contribution is -2.32. The van der Waals surface area contributed by atoms with Crippen LogP contribution >= 0.6 is 11.6 Å². The molecular weight excluding hydrogens is 150 g/mol. The summed E-state index contributed by atoms with van der Waals surface area (Å²) in [6.45, 7) is 3.18. The molecule has 0 aromatic heterocycles. The molecule has 1 N–H and O–H groups in total. The van der Waals surface area contributed by atoms with E-state index in [0.717, 1.165) is 13.0 Å². The topological polar surface area (TPSA) is 23.5 Å². The average Bonchev–Trinajstić information content (AvgIpc) is 1.98. The maximum atomic E-state index is 8.73. The first-order valence-electron chi connectivity index (χ1n) is 3.59. The second-order valence-electron chi connectivity index (χ2n) is 2.55. The maximum Gasteiger partial charge on any atom is 0.0584 e. The minimum Gasteiger partial charge on any atom is -0.395 e. The molecule has 1 atom stereocenters. The Morgan fingerprint density at radius 3 is 2.60 bits per heavy atom. The Kier molecular flexibility index (Phi) is 6.08. The largest absolute Gasteiger partial charge is 0.395 e. The number of hydrogen-bond acceptors (Lipinski definition) is 2. The molecule has 0 aliphatic heterocycles. The lowest BCUT2D eigenvalue weighted by atomic mass is 10.3. The van der Waals surface area contributed by atoms with Crippen LogP contribution in [-0.4, -0.2) is 42.1 Å². The van der Waals surface area contributed by atoms with E-state index in [1.54, 1.807) is 0 Å². The zero-order valence-electron chi connectivity index (χ0n) is 6.68. The minimum atomic E-state index is 0.221. The molecule has 0 bridgehead atoms. The van der Waals surface area contributed by atoms with Gasteiger partial charge in [-0.2, -0.15) is 0 Å². The molecule has 2 nitrogen and oxygen atoms in total. The number of aliphatic hydroxyl groups is 1. The second-order valence-corrected chi connectivity index (χ2v) is 2.93. The van der Waals surface area contributed by atoms with E-state index in [-0.39, 0.29) is 12.6 Å². The van der Waals surface area contributed by atoms with Gasteiger partial charge in [0.2, 0.25) is 0 Å². The van der Waals surface area contributed by atoms with Crippen molar-refractivity contribution in [3.8, 4) is 0 Å². The molecule has 0 radical (unpaired) electrons. The van der Waals surface area contributed by atoms with Gasteiger partial charge in [-0.25, -0.2) is 0 Å². The third kappa shape index (κ3) is 4.09. The summed E-state index contributed by atoms with van der Waals surface area (Å²) >= 11 is 5.50. The molecule has 0 heterocycles. The van der Waals surface area contributed by atoms with Gasteiger partial charge < -0.3 is 10.0 Å². The summed E-state index contributed by atoms with van der Waals surface area (Å²) in [4.78, 5) is 2.10. The number of likely N-dealkylation sites (N-methyl/N-ethyl adjacent to an activating group) is 1. The zero-order chi connectivity index (χ0) is 7.98. The highest BCUT2D eigenvalue weighted by Gasteiger charge is 2.05. The molecule has 3 heteroatoms. The van der Waals surface area contributed by atoms with E-state index >= 15 is 0 Å². The predicted octanol–water partition coefficient (Wildman–Crippen LogP) is 0.928. The smallest absolute Gasteiger partial charge is 0.0584 e. The lowest BCUT2D eigenvalue weighted by Gasteiger charge is -2.21. The van der Waals surface area contributed by atoms with Crippen LogP contribution < -0.4 is 0 Å². The van der Waals surface area contributed by atoms with E-state index in [1.165, 1.54) is 0 Å². The molecule has 0 aliphatic carbocycles. The van der Waals surface area contributed by atoms with Crippen LogP contribution in [0.4, 0.5) is 0 Å². The summed E-state index contributed by atoms with van der Waals surface area (Å²) in [6, 6.07) is 0.253. The number of nitrogens with zero attached hydrogens (tertiary/aromatic N) is 1. The first-order chi connectivity index (χ1) is 4.72. The molecule has 0 rings (SSSR count). The third-order valence-corrected chi connectivity index (χ3v) is 1.93. The molecule has 0 saturated carbocycles. The molecule has 0 saturated heterocycles. The van der Waals surface area contributed by atoms with Gasteiger partial charge in [0, 0.05) is 11.9 Å². The Morgan fingerprint density at radius 2 is 2.20 bits per heavy atom. The van der Waals surface area contributed by atoms with E-state index in [9.17, 15) is 0 Å². The van der Waals surface area contributed by atoms with Crippen molar-refractivity contribution in [1.29, 1.82) is 0 Å². The monoisotopic (exact) mass is 165 g/mol. The molecule has 0 aliphatic rings. The highest BCUT2D eigenvalue weighted by Crippen LogP contribution is 1.96. The van der Waals surface area contributed by atoms with Crippen molar-refractivity contribution in [2.45, 2.75) is 19.4 Å². The van der Waals surface area contributed by atoms with Crippen LogP contribution in [0.15, 0.2) is 0 Å². The standard InChI is InChI=1S/C7H16ClNO/c1-7(6-10)9(2)5-3-4-8/h7,10H,3-6H2,1-2H3. The van der Waals surface area contributed by atoms with Gasteiger partial charge in [0.25, 0.3) is 0 Å². The quantitative estimate of drug-likeness (QED) is 0.613. The van der Waals surface area contributed by atoms with Crippen molar-refractivity contribution < 1.29 is 5.11 Å². The third-order valence-electron chi connectivity index (χ3n) is 1.66. The summed E-state index contributed by atoms with van der Waals surface area (Å²) < 4.78 is 0. The van der Waals surface area contributed by atoms with Gasteiger partial charge in [-0.3, -0.25) is 0 Å². The van der Waals surface area contributed by atoms with E-state index in [4.69, 9.17) is 16.7 Å². The van der Waals surface area contributed by atoms with Gasteiger partial charge >= 0.3 is 0 Å². The van der Waals surface area contributed by atoms with Crippen LogP contribution in [0, 0.1) is 0 Å². The summed E-state index contributed by atoms with van der Waals surface area (Å²) in [5.41, 5.74) is 0. The molecule has 0 spiro atoms. The molecule has 1 unspecified atom stereocenters. The molecule has 62 valence electrons. The minimum absolute atomic E-state index is 0.221. The van der Waals surface area contributed by atoms with Crippen LogP contribution in [0.25, 0.3) is 0 Å². The summed E-state index contributed by atoms with van der Waals surface area (Å²) in [5, 5.41) is 8.73. The van der Waals surface area contributed by atoms with Gasteiger partial charge in [-0.15, -0.1) is 11.6 Å². The van der Waals surface area contributed by atoms with E-state index in [0.29, 0.717) is 5.88 Å². The molecule has 10 heavy (non-hydrogen) atoms. The summed E-state index contributed by atoms with van der Waals surface area (Å²) in [7, 11) is 1.99. The van der Waals surface area contributed by atoms with E-state index in [2.05, 4.69) is 4.90 Å². The summed E-state index contributed by atoms with van der Waals surface area (Å²) in [5.74, 6) is 0.697. The van der Waals surface area contributed by atoms with Crippen molar-refractivity contribution in [2.24, 2.45) is 0 Å². The van der Waals surface area contributed by atoms with Crippen LogP contribution in [0.3, 0.4) is 0 Å². The Morgan fingerprint density at radius 1 is 1.60 bits per heavy atom. The number of alkyl halides is 1. The first-order valence-corrected chi connectivity index (χ1v) is 4.13. The predicted molar refractivity (Wildman–Crippen MR) is 44.5 cm³/mol. The maximum absolute atomic E-state index is 8.73. The molecule has 0 aromatic carbocycles. The number of rotatable bonds is 5. The fourth-order valence-corrected chi connectivity index (χ4v) is 0.788. The molecular formula is C7H16ClNO. The molecule has 0 amide bonds. The van der Waals surface area contributed by atoms with Crippen LogP contribution in [0.1, 0.15) is 13.3 Å². The van der Waals surface area contributed by atoms with Crippen molar-refractivity contribution >= 4 is 11.6 Å². The van der Waals surface area contributed by atoms with Gasteiger partial charge in [0.05, 0.1) is 6.61 Å². The van der Waals surface area contributed by atoms with E-state index < -0.39 is 0 Å². The van der Waals surface area contributed by atoms with Crippen molar-refractivity contribution in [3.63, 3.8) is 0 Å². The van der Waals surface area contributed by atoms with Crippen LogP contribution in [0.2, 0.25) is 0 Å². The summed E-state index contributed by atoms with van der Waals surface area (Å²) in [6.07, 6.45) is 0.988. The first kappa shape index (κ1) is 10.2.